The number of primary sulfonamides is 1. The minimum atomic E-state index is -3.91. The number of sulfonamides is 1. The number of nitrogens with zero attached hydrogens (tertiary/aromatic N) is 1. The van der Waals surface area contributed by atoms with Gasteiger partial charge in [0.05, 0.1) is 15.8 Å². The molecule has 1 fully saturated rings. The van der Waals surface area contributed by atoms with Crippen LogP contribution < -0.4 is 21.1 Å². The first-order valence-corrected chi connectivity index (χ1v) is 13.8. The van der Waals surface area contributed by atoms with Crippen molar-refractivity contribution in [3.63, 3.8) is 0 Å². The first-order valence-electron chi connectivity index (χ1n) is 11.9. The Morgan fingerprint density at radius 1 is 0.895 bits per heavy atom. The number of hydrogen-bond acceptors (Lipinski definition) is 6. The summed E-state index contributed by atoms with van der Waals surface area (Å²) in [5.74, 6) is -2.38. The predicted octanol–water partition coefficient (Wildman–Crippen LogP) is 3.30. The maximum absolute atomic E-state index is 13.1. The Kier molecular flexibility index (Phi) is 8.40. The zero-order valence-electron chi connectivity index (χ0n) is 20.2. The fraction of sp³-hybridized carbons (Fsp3) is 0.231. The Hall–Kier alpha value is -3.80. The summed E-state index contributed by atoms with van der Waals surface area (Å²) in [6, 6.07) is 15.6. The fourth-order valence-corrected chi connectivity index (χ4v) is 5.27. The topological polar surface area (TPSA) is 160 Å². The third-order valence-corrected chi connectivity index (χ3v) is 7.44. The average Bonchev–Trinajstić information content (AvgIpc) is 2.90. The van der Waals surface area contributed by atoms with Crippen LogP contribution in [-0.2, 0) is 24.4 Å². The standard InChI is InChI=1S/C26H26ClN5O5S/c27-17-11-14-23(29-15-17)32-26(35)25(34)31-21-7-3-1-6-20(21)24(33)30-18-12-9-16(10-13-18)19-5-2-4-8-22(19)38(28,36)37/h2,4-5,8-15,20-21H,1,3,6-7H2,(H,30,33)(H,31,34)(H2,28,36,37)(H,29,32,35)/t20-,21-/m1/s1. The molecule has 1 aromatic heterocycles. The van der Waals surface area contributed by atoms with Crippen molar-refractivity contribution in [2.24, 2.45) is 11.1 Å². The molecule has 4 rings (SSSR count). The van der Waals surface area contributed by atoms with Crippen LogP contribution in [0.4, 0.5) is 11.5 Å². The van der Waals surface area contributed by atoms with Crippen LogP contribution in [0, 0.1) is 5.92 Å². The monoisotopic (exact) mass is 555 g/mol. The molecule has 2 atom stereocenters. The summed E-state index contributed by atoms with van der Waals surface area (Å²) in [4.78, 5) is 41.9. The second kappa shape index (κ2) is 11.7. The normalized spacial score (nSPS) is 17.3. The Morgan fingerprint density at radius 2 is 1.61 bits per heavy atom. The van der Waals surface area contributed by atoms with Crippen LogP contribution in [0.3, 0.4) is 0 Å². The van der Waals surface area contributed by atoms with E-state index in [9.17, 15) is 22.8 Å². The Balaban J connectivity index is 1.40. The van der Waals surface area contributed by atoms with Crippen molar-refractivity contribution in [2.75, 3.05) is 10.6 Å². The molecule has 0 unspecified atom stereocenters. The maximum atomic E-state index is 13.1. The van der Waals surface area contributed by atoms with E-state index in [2.05, 4.69) is 20.9 Å². The number of nitrogens with one attached hydrogen (secondary N) is 3. The van der Waals surface area contributed by atoms with Crippen molar-refractivity contribution < 1.29 is 22.8 Å². The lowest BCUT2D eigenvalue weighted by Crippen LogP contribution is -2.49. The smallest absolute Gasteiger partial charge is 0.314 e. The van der Waals surface area contributed by atoms with E-state index in [1.807, 2.05) is 0 Å². The van der Waals surface area contributed by atoms with Crippen molar-refractivity contribution in [3.05, 3.63) is 71.9 Å². The van der Waals surface area contributed by atoms with Crippen LogP contribution in [0.2, 0.25) is 5.02 Å². The minimum Gasteiger partial charge on any atom is -0.344 e. The summed E-state index contributed by atoms with van der Waals surface area (Å²) >= 11 is 5.78. The summed E-state index contributed by atoms with van der Waals surface area (Å²) in [5, 5.41) is 13.7. The molecule has 0 radical (unpaired) electrons. The van der Waals surface area contributed by atoms with E-state index in [0.29, 0.717) is 34.7 Å². The number of pyridine rings is 1. The third kappa shape index (κ3) is 6.74. The van der Waals surface area contributed by atoms with Crippen molar-refractivity contribution in [2.45, 2.75) is 36.6 Å². The fourth-order valence-electron chi connectivity index (χ4n) is 4.40. The van der Waals surface area contributed by atoms with E-state index in [0.717, 1.165) is 12.8 Å². The van der Waals surface area contributed by atoms with Gasteiger partial charge in [-0.1, -0.05) is 54.8 Å². The van der Waals surface area contributed by atoms with Gasteiger partial charge in [-0.25, -0.2) is 18.5 Å². The molecule has 38 heavy (non-hydrogen) atoms. The molecule has 5 N–H and O–H groups in total. The lowest BCUT2D eigenvalue weighted by atomic mass is 9.83. The van der Waals surface area contributed by atoms with Crippen molar-refractivity contribution in [1.82, 2.24) is 10.3 Å². The van der Waals surface area contributed by atoms with Crippen molar-refractivity contribution >= 4 is 50.9 Å². The molecule has 1 aliphatic rings. The van der Waals surface area contributed by atoms with Gasteiger partial charge < -0.3 is 16.0 Å². The number of carbonyl (C=O) groups excluding carboxylic acids is 3. The van der Waals surface area contributed by atoms with Gasteiger partial charge in [-0.05, 0) is 48.7 Å². The number of aromatic nitrogens is 1. The molecule has 3 amide bonds. The molecule has 0 aliphatic heterocycles. The number of carbonyl (C=O) groups is 3. The zero-order chi connectivity index (χ0) is 27.3. The number of amides is 3. The van der Waals surface area contributed by atoms with Crippen LogP contribution in [0.5, 0.6) is 0 Å². The molecule has 1 heterocycles. The molecular weight excluding hydrogens is 530 g/mol. The van der Waals surface area contributed by atoms with E-state index >= 15 is 0 Å². The number of halogens is 1. The Bertz CT molecular complexity index is 1450. The van der Waals surface area contributed by atoms with Gasteiger partial charge in [0.1, 0.15) is 5.82 Å². The van der Waals surface area contributed by atoms with Crippen molar-refractivity contribution in [1.29, 1.82) is 0 Å². The highest BCUT2D eigenvalue weighted by atomic mass is 35.5. The lowest BCUT2D eigenvalue weighted by molar-refractivity contribution is -0.137. The molecule has 3 aromatic rings. The SMILES string of the molecule is NS(=O)(=O)c1ccccc1-c1ccc(NC(=O)[C@@H]2CCCC[C@H]2NC(=O)C(=O)Nc2ccc(Cl)cn2)cc1. The molecule has 10 nitrogen and oxygen atoms in total. The summed E-state index contributed by atoms with van der Waals surface area (Å²) < 4.78 is 23.9. The van der Waals surface area contributed by atoms with E-state index < -0.39 is 33.8 Å². The second-order valence-corrected chi connectivity index (χ2v) is 10.9. The molecule has 1 saturated carbocycles. The number of hydrogen-bond donors (Lipinski definition) is 4. The molecule has 198 valence electrons. The molecule has 0 saturated heterocycles. The van der Waals surface area contributed by atoms with E-state index in [4.69, 9.17) is 16.7 Å². The van der Waals surface area contributed by atoms with Gasteiger partial charge in [0, 0.05) is 23.5 Å². The average molecular weight is 556 g/mol. The molecule has 2 aromatic carbocycles. The quantitative estimate of drug-likeness (QED) is 0.341. The summed E-state index contributed by atoms with van der Waals surface area (Å²) in [6.07, 6.45) is 4.08. The van der Waals surface area contributed by atoms with E-state index in [1.54, 1.807) is 42.5 Å². The Morgan fingerprint density at radius 3 is 2.29 bits per heavy atom. The number of rotatable bonds is 6. The highest BCUT2D eigenvalue weighted by molar-refractivity contribution is 7.89. The third-order valence-electron chi connectivity index (χ3n) is 6.25. The van der Waals surface area contributed by atoms with Gasteiger partial charge >= 0.3 is 11.8 Å². The molecular formula is C26H26ClN5O5S. The van der Waals surface area contributed by atoms with Gasteiger partial charge in [0.2, 0.25) is 15.9 Å². The zero-order valence-corrected chi connectivity index (χ0v) is 21.8. The van der Waals surface area contributed by atoms with Gasteiger partial charge in [0.25, 0.3) is 0 Å². The molecule has 0 spiro atoms. The summed E-state index contributed by atoms with van der Waals surface area (Å²) in [7, 11) is -3.91. The first-order chi connectivity index (χ1) is 18.1. The minimum absolute atomic E-state index is 0.00783. The van der Waals surface area contributed by atoms with Crippen molar-refractivity contribution in [3.8, 4) is 11.1 Å². The van der Waals surface area contributed by atoms with E-state index in [1.165, 1.54) is 24.4 Å². The van der Waals surface area contributed by atoms with Crippen LogP contribution in [0.25, 0.3) is 11.1 Å². The molecule has 1 aliphatic carbocycles. The highest BCUT2D eigenvalue weighted by Gasteiger charge is 2.33. The predicted molar refractivity (Wildman–Crippen MR) is 144 cm³/mol. The molecule has 0 bridgehead atoms. The highest BCUT2D eigenvalue weighted by Crippen LogP contribution is 2.29. The molecule has 12 heteroatoms. The summed E-state index contributed by atoms with van der Waals surface area (Å²) in [6.45, 7) is 0. The lowest BCUT2D eigenvalue weighted by Gasteiger charge is -2.31. The Labute approximate surface area is 225 Å². The number of benzene rings is 2. The number of anilines is 2. The van der Waals surface area contributed by atoms with Crippen LogP contribution in [0.1, 0.15) is 25.7 Å². The van der Waals surface area contributed by atoms with E-state index in [-0.39, 0.29) is 16.6 Å². The van der Waals surface area contributed by atoms with Crippen LogP contribution in [0.15, 0.2) is 71.8 Å². The van der Waals surface area contributed by atoms with Gasteiger partial charge in [0.15, 0.2) is 0 Å². The van der Waals surface area contributed by atoms with Crippen LogP contribution >= 0.6 is 11.6 Å². The number of nitrogens with two attached hydrogens (primary N) is 1. The first kappa shape index (κ1) is 27.2. The summed E-state index contributed by atoms with van der Waals surface area (Å²) in [5.41, 5.74) is 1.58. The second-order valence-electron chi connectivity index (χ2n) is 8.89. The van der Waals surface area contributed by atoms with Gasteiger partial charge in [-0.3, -0.25) is 14.4 Å². The van der Waals surface area contributed by atoms with Gasteiger partial charge in [-0.2, -0.15) is 0 Å². The largest absolute Gasteiger partial charge is 0.344 e. The van der Waals surface area contributed by atoms with Gasteiger partial charge in [-0.15, -0.1) is 0 Å². The van der Waals surface area contributed by atoms with Crippen LogP contribution in [-0.4, -0.2) is 37.2 Å². The maximum Gasteiger partial charge on any atom is 0.314 e.